The molecule has 2 rings (SSSR count). The largest absolute Gasteiger partial charge is 0.496 e. The topological polar surface area (TPSA) is 21.3 Å². The molecule has 2 aromatic carbocycles. The van der Waals surface area contributed by atoms with Crippen LogP contribution in [0.4, 0.5) is 8.78 Å². The molecule has 0 amide bonds. The number of rotatable bonds is 5. The Kier molecular flexibility index (Phi) is 4.69. The summed E-state index contributed by atoms with van der Waals surface area (Å²) in [5.74, 6) is -0.110. The van der Waals surface area contributed by atoms with E-state index in [2.05, 4.69) is 5.32 Å². The number of benzene rings is 2. The minimum absolute atomic E-state index is 0.151. The second-order valence-corrected chi connectivity index (χ2v) is 4.52. The Morgan fingerprint density at radius 2 is 1.90 bits per heavy atom. The molecule has 0 aliphatic carbocycles. The fourth-order valence-electron chi connectivity index (χ4n) is 2.24. The van der Waals surface area contributed by atoms with E-state index in [0.717, 1.165) is 23.4 Å². The summed E-state index contributed by atoms with van der Waals surface area (Å²) < 4.78 is 32.3. The number of para-hydroxylation sites is 1. The van der Waals surface area contributed by atoms with Crippen molar-refractivity contribution < 1.29 is 13.5 Å². The summed E-state index contributed by atoms with van der Waals surface area (Å²) in [5.41, 5.74) is 1.26. The third-order valence-corrected chi connectivity index (χ3v) is 3.29. The van der Waals surface area contributed by atoms with Crippen LogP contribution in [0.3, 0.4) is 0 Å². The van der Waals surface area contributed by atoms with Crippen molar-refractivity contribution >= 4 is 0 Å². The molecule has 4 heteroatoms. The van der Waals surface area contributed by atoms with Crippen LogP contribution in [0.5, 0.6) is 5.75 Å². The van der Waals surface area contributed by atoms with E-state index in [1.807, 2.05) is 24.3 Å². The normalized spacial score (nSPS) is 12.2. The summed E-state index contributed by atoms with van der Waals surface area (Å²) in [7, 11) is 3.38. The standard InChI is InChI=1S/C16H17F2NO/c1-19-15(13-5-3-4-6-16(13)20-2)10-11-9-12(17)7-8-14(11)18/h3-9,15,19H,10H2,1-2H3. The monoisotopic (exact) mass is 277 g/mol. The molecule has 20 heavy (non-hydrogen) atoms. The molecule has 0 fully saturated rings. The van der Waals surface area contributed by atoms with Crippen LogP contribution >= 0.6 is 0 Å². The molecular weight excluding hydrogens is 260 g/mol. The van der Waals surface area contributed by atoms with Crippen molar-refractivity contribution in [1.29, 1.82) is 0 Å². The molecule has 0 radical (unpaired) electrons. The van der Waals surface area contributed by atoms with Crippen LogP contribution in [0.2, 0.25) is 0 Å². The van der Waals surface area contributed by atoms with Crippen molar-refractivity contribution in [2.75, 3.05) is 14.2 Å². The van der Waals surface area contributed by atoms with E-state index in [9.17, 15) is 8.78 Å². The van der Waals surface area contributed by atoms with Gasteiger partial charge in [0.15, 0.2) is 0 Å². The molecule has 0 aliphatic rings. The molecule has 1 unspecified atom stereocenters. The number of hydrogen-bond donors (Lipinski definition) is 1. The maximum Gasteiger partial charge on any atom is 0.126 e. The van der Waals surface area contributed by atoms with E-state index < -0.39 is 11.6 Å². The highest BCUT2D eigenvalue weighted by atomic mass is 19.1. The Hall–Kier alpha value is -1.94. The average Bonchev–Trinajstić information content (AvgIpc) is 2.48. The number of methoxy groups -OCH3 is 1. The molecule has 2 aromatic rings. The number of ether oxygens (including phenoxy) is 1. The molecule has 106 valence electrons. The summed E-state index contributed by atoms with van der Waals surface area (Å²) in [6, 6.07) is 10.9. The van der Waals surface area contributed by atoms with Crippen LogP contribution in [0, 0.1) is 11.6 Å². The SMILES string of the molecule is CNC(Cc1cc(F)ccc1F)c1ccccc1OC. The van der Waals surface area contributed by atoms with Crippen LogP contribution in [0.1, 0.15) is 17.2 Å². The lowest BCUT2D eigenvalue weighted by atomic mass is 9.98. The zero-order valence-corrected chi connectivity index (χ0v) is 11.5. The van der Waals surface area contributed by atoms with Crippen LogP contribution in [0.15, 0.2) is 42.5 Å². The van der Waals surface area contributed by atoms with Gasteiger partial charge in [0.05, 0.1) is 7.11 Å². The second-order valence-electron chi connectivity index (χ2n) is 4.52. The van der Waals surface area contributed by atoms with Crippen molar-refractivity contribution in [2.24, 2.45) is 0 Å². The van der Waals surface area contributed by atoms with Crippen molar-refractivity contribution in [3.8, 4) is 5.75 Å². The molecule has 0 saturated heterocycles. The smallest absolute Gasteiger partial charge is 0.126 e. The lowest BCUT2D eigenvalue weighted by Gasteiger charge is -2.19. The molecule has 0 bridgehead atoms. The Balaban J connectivity index is 2.31. The molecule has 0 aliphatic heterocycles. The second kappa shape index (κ2) is 6.48. The Bertz CT molecular complexity index is 586. The first-order chi connectivity index (χ1) is 9.65. The molecule has 0 heterocycles. The van der Waals surface area contributed by atoms with E-state index in [1.165, 1.54) is 6.07 Å². The van der Waals surface area contributed by atoms with E-state index >= 15 is 0 Å². The zero-order valence-electron chi connectivity index (χ0n) is 11.5. The molecule has 0 saturated carbocycles. The van der Waals surface area contributed by atoms with Crippen LogP contribution in [-0.2, 0) is 6.42 Å². The third-order valence-electron chi connectivity index (χ3n) is 3.29. The van der Waals surface area contributed by atoms with Gasteiger partial charge in [-0.05, 0) is 43.3 Å². The highest BCUT2D eigenvalue weighted by molar-refractivity contribution is 5.37. The predicted molar refractivity (Wildman–Crippen MR) is 74.9 cm³/mol. The van der Waals surface area contributed by atoms with Crippen molar-refractivity contribution in [3.63, 3.8) is 0 Å². The van der Waals surface area contributed by atoms with Gasteiger partial charge >= 0.3 is 0 Å². The molecule has 0 aromatic heterocycles. The van der Waals surface area contributed by atoms with Crippen molar-refractivity contribution in [1.82, 2.24) is 5.32 Å². The minimum atomic E-state index is -0.434. The summed E-state index contributed by atoms with van der Waals surface area (Å²) in [6.07, 6.45) is 0.348. The third kappa shape index (κ3) is 3.14. The van der Waals surface area contributed by atoms with Gasteiger partial charge in [-0.1, -0.05) is 18.2 Å². The van der Waals surface area contributed by atoms with Gasteiger partial charge in [-0.15, -0.1) is 0 Å². The summed E-state index contributed by atoms with van der Waals surface area (Å²) >= 11 is 0. The fourth-order valence-corrected chi connectivity index (χ4v) is 2.24. The predicted octanol–water partition coefficient (Wildman–Crippen LogP) is 3.48. The summed E-state index contributed by atoms with van der Waals surface area (Å²) in [6.45, 7) is 0. The minimum Gasteiger partial charge on any atom is -0.496 e. The van der Waals surface area contributed by atoms with Gasteiger partial charge in [0, 0.05) is 11.6 Å². The lowest BCUT2D eigenvalue weighted by Crippen LogP contribution is -2.20. The summed E-state index contributed by atoms with van der Waals surface area (Å²) in [5, 5.41) is 3.12. The van der Waals surface area contributed by atoms with Gasteiger partial charge in [0.25, 0.3) is 0 Å². The fraction of sp³-hybridized carbons (Fsp3) is 0.250. The average molecular weight is 277 g/mol. The van der Waals surface area contributed by atoms with Gasteiger partial charge in [-0.3, -0.25) is 0 Å². The molecule has 2 nitrogen and oxygen atoms in total. The van der Waals surface area contributed by atoms with Gasteiger partial charge in [-0.25, -0.2) is 8.78 Å². The Morgan fingerprint density at radius 1 is 1.15 bits per heavy atom. The van der Waals surface area contributed by atoms with Crippen LogP contribution < -0.4 is 10.1 Å². The zero-order chi connectivity index (χ0) is 14.5. The van der Waals surface area contributed by atoms with Gasteiger partial charge in [0.1, 0.15) is 17.4 Å². The highest BCUT2D eigenvalue weighted by Crippen LogP contribution is 2.28. The van der Waals surface area contributed by atoms with Gasteiger partial charge in [0.2, 0.25) is 0 Å². The Labute approximate surface area is 117 Å². The van der Waals surface area contributed by atoms with E-state index in [1.54, 1.807) is 14.2 Å². The summed E-state index contributed by atoms with van der Waals surface area (Å²) in [4.78, 5) is 0. The lowest BCUT2D eigenvalue weighted by molar-refractivity contribution is 0.400. The highest BCUT2D eigenvalue weighted by Gasteiger charge is 2.16. The van der Waals surface area contributed by atoms with E-state index in [0.29, 0.717) is 12.0 Å². The molecule has 1 atom stereocenters. The Morgan fingerprint density at radius 3 is 2.60 bits per heavy atom. The maximum absolute atomic E-state index is 13.7. The maximum atomic E-state index is 13.7. The first-order valence-electron chi connectivity index (χ1n) is 6.39. The van der Waals surface area contributed by atoms with E-state index in [-0.39, 0.29) is 6.04 Å². The van der Waals surface area contributed by atoms with E-state index in [4.69, 9.17) is 4.74 Å². The molecule has 1 N–H and O–H groups in total. The molecular formula is C16H17F2NO. The number of halogens is 2. The number of hydrogen-bond acceptors (Lipinski definition) is 2. The van der Waals surface area contributed by atoms with Crippen LogP contribution in [0.25, 0.3) is 0 Å². The quantitative estimate of drug-likeness (QED) is 0.903. The molecule has 0 spiro atoms. The van der Waals surface area contributed by atoms with Gasteiger partial charge < -0.3 is 10.1 Å². The number of nitrogens with one attached hydrogen (secondary N) is 1. The van der Waals surface area contributed by atoms with Crippen LogP contribution in [-0.4, -0.2) is 14.2 Å². The van der Waals surface area contributed by atoms with Crippen molar-refractivity contribution in [2.45, 2.75) is 12.5 Å². The number of likely N-dealkylation sites (N-methyl/N-ethyl adjacent to an activating group) is 1. The first-order valence-corrected chi connectivity index (χ1v) is 6.39. The first kappa shape index (κ1) is 14.5. The van der Waals surface area contributed by atoms with Crippen molar-refractivity contribution in [3.05, 3.63) is 65.2 Å². The van der Waals surface area contributed by atoms with Gasteiger partial charge in [-0.2, -0.15) is 0 Å².